The topological polar surface area (TPSA) is 70.0 Å². The summed E-state index contributed by atoms with van der Waals surface area (Å²) in [4.78, 5) is 26.9. The third kappa shape index (κ3) is 6.51. The van der Waals surface area contributed by atoms with E-state index in [0.717, 1.165) is 37.3 Å². The number of rotatable bonds is 10. The van der Waals surface area contributed by atoms with Gasteiger partial charge in [-0.25, -0.2) is 0 Å². The second-order valence-electron chi connectivity index (χ2n) is 7.79. The number of likely N-dealkylation sites (tertiary alicyclic amines) is 1. The van der Waals surface area contributed by atoms with Crippen molar-refractivity contribution in [2.75, 3.05) is 26.9 Å². The first-order valence-corrected chi connectivity index (χ1v) is 10.9. The monoisotopic (exact) mass is 428 g/mol. The molecule has 1 aliphatic heterocycles. The third-order valence-corrected chi connectivity index (χ3v) is 5.62. The summed E-state index contributed by atoms with van der Waals surface area (Å²) >= 11 is 0. The van der Waals surface area contributed by atoms with Gasteiger partial charge in [0, 0.05) is 38.7 Å². The van der Waals surface area contributed by atoms with Crippen LogP contribution >= 0.6 is 0 Å². The number of esters is 1. The van der Waals surface area contributed by atoms with Crippen LogP contribution in [0.4, 0.5) is 0 Å². The van der Waals surface area contributed by atoms with Gasteiger partial charge < -0.3 is 23.7 Å². The van der Waals surface area contributed by atoms with E-state index in [9.17, 15) is 9.59 Å². The maximum absolute atomic E-state index is 12.9. The molecule has 7 heteroatoms. The molecule has 0 bridgehead atoms. The Morgan fingerprint density at radius 1 is 1.06 bits per heavy atom. The van der Waals surface area contributed by atoms with Gasteiger partial charge in [0.2, 0.25) is 0 Å². The van der Waals surface area contributed by atoms with E-state index in [2.05, 4.69) is 0 Å². The average molecular weight is 429 g/mol. The van der Waals surface area contributed by atoms with Crippen LogP contribution in [0.2, 0.25) is 0 Å². The summed E-state index contributed by atoms with van der Waals surface area (Å²) in [5, 5.41) is 0. The number of aromatic nitrogens is 1. The van der Waals surface area contributed by atoms with Gasteiger partial charge in [0.05, 0.1) is 20.3 Å². The Bertz CT molecular complexity index is 846. The number of carbonyl (C=O) groups is 2. The highest BCUT2D eigenvalue weighted by atomic mass is 16.5. The highest BCUT2D eigenvalue weighted by Crippen LogP contribution is 2.22. The van der Waals surface area contributed by atoms with Crippen molar-refractivity contribution in [3.05, 3.63) is 48.3 Å². The summed E-state index contributed by atoms with van der Waals surface area (Å²) in [6, 6.07) is 11.2. The Balaban J connectivity index is 1.35. The summed E-state index contributed by atoms with van der Waals surface area (Å²) < 4.78 is 18.0. The Kier molecular flexibility index (Phi) is 8.38. The second-order valence-corrected chi connectivity index (χ2v) is 7.79. The molecule has 2 heterocycles. The Hall–Kier alpha value is -2.96. The van der Waals surface area contributed by atoms with Crippen molar-refractivity contribution in [2.45, 2.75) is 44.6 Å². The summed E-state index contributed by atoms with van der Waals surface area (Å²) in [6.45, 7) is 1.54. The van der Waals surface area contributed by atoms with Crippen molar-refractivity contribution in [1.82, 2.24) is 9.47 Å². The van der Waals surface area contributed by atoms with Crippen LogP contribution in [-0.2, 0) is 16.6 Å². The van der Waals surface area contributed by atoms with Crippen LogP contribution in [0.5, 0.6) is 11.5 Å². The van der Waals surface area contributed by atoms with Gasteiger partial charge in [-0.3, -0.25) is 9.59 Å². The van der Waals surface area contributed by atoms with Crippen molar-refractivity contribution >= 4 is 11.9 Å². The lowest BCUT2D eigenvalue weighted by Crippen LogP contribution is -2.44. The van der Waals surface area contributed by atoms with Crippen LogP contribution in [0.25, 0.3) is 0 Å². The van der Waals surface area contributed by atoms with Crippen molar-refractivity contribution in [3.8, 4) is 11.5 Å². The van der Waals surface area contributed by atoms with E-state index in [1.807, 2.05) is 59.1 Å². The number of hydrogen-bond acceptors (Lipinski definition) is 5. The van der Waals surface area contributed by atoms with Gasteiger partial charge in [-0.2, -0.15) is 0 Å². The van der Waals surface area contributed by atoms with Crippen LogP contribution in [0.15, 0.2) is 42.6 Å². The highest BCUT2D eigenvalue weighted by molar-refractivity contribution is 5.93. The van der Waals surface area contributed by atoms with Crippen molar-refractivity contribution in [3.63, 3.8) is 0 Å². The lowest BCUT2D eigenvalue weighted by molar-refractivity contribution is -0.144. The molecule has 1 amide bonds. The SMILES string of the molecule is COc1ccc(OCCCC(=O)OCCC2CCCCN2C(=O)c2cccn2C)cc1. The molecule has 0 aliphatic carbocycles. The number of nitrogens with zero attached hydrogens (tertiary/aromatic N) is 2. The number of benzene rings is 1. The van der Waals surface area contributed by atoms with Crippen LogP contribution in [0.3, 0.4) is 0 Å². The molecule has 7 nitrogen and oxygen atoms in total. The second kappa shape index (κ2) is 11.4. The zero-order valence-electron chi connectivity index (χ0n) is 18.4. The molecule has 0 spiro atoms. The fraction of sp³-hybridized carbons (Fsp3) is 0.500. The Morgan fingerprint density at radius 2 is 1.84 bits per heavy atom. The maximum Gasteiger partial charge on any atom is 0.305 e. The maximum atomic E-state index is 12.9. The molecule has 1 fully saturated rings. The standard InChI is InChI=1S/C24H32N2O5/c1-25-15-5-8-22(25)24(28)26-16-4-3-7-19(26)14-18-31-23(27)9-6-17-30-21-12-10-20(29-2)11-13-21/h5,8,10-13,15,19H,3-4,6-7,9,14,16-18H2,1-2H3. The molecule has 1 saturated heterocycles. The predicted molar refractivity (Wildman–Crippen MR) is 117 cm³/mol. The number of methoxy groups -OCH3 is 1. The molecule has 168 valence electrons. The van der Waals surface area contributed by atoms with Gasteiger partial charge in [0.1, 0.15) is 17.2 Å². The van der Waals surface area contributed by atoms with E-state index in [1.165, 1.54) is 0 Å². The molecular weight excluding hydrogens is 396 g/mol. The van der Waals surface area contributed by atoms with Gasteiger partial charge in [0.15, 0.2) is 0 Å². The van der Waals surface area contributed by atoms with Gasteiger partial charge in [-0.05, 0) is 62.1 Å². The van der Waals surface area contributed by atoms with Gasteiger partial charge in [0.25, 0.3) is 5.91 Å². The van der Waals surface area contributed by atoms with E-state index in [0.29, 0.717) is 38.2 Å². The number of carbonyl (C=O) groups excluding carboxylic acids is 2. The van der Waals surface area contributed by atoms with Gasteiger partial charge in [-0.1, -0.05) is 0 Å². The molecule has 1 aromatic heterocycles. The smallest absolute Gasteiger partial charge is 0.305 e. The van der Waals surface area contributed by atoms with E-state index in [4.69, 9.17) is 14.2 Å². The molecular formula is C24H32N2O5. The minimum Gasteiger partial charge on any atom is -0.497 e. The zero-order valence-corrected chi connectivity index (χ0v) is 18.4. The van der Waals surface area contributed by atoms with E-state index in [-0.39, 0.29) is 17.9 Å². The lowest BCUT2D eigenvalue weighted by atomic mass is 9.99. The number of aryl methyl sites for hydroxylation is 1. The normalized spacial score (nSPS) is 16.1. The first-order valence-electron chi connectivity index (χ1n) is 10.9. The average Bonchev–Trinajstić information content (AvgIpc) is 3.23. The fourth-order valence-electron chi connectivity index (χ4n) is 3.86. The van der Waals surface area contributed by atoms with Gasteiger partial charge >= 0.3 is 5.97 Å². The number of amides is 1. The summed E-state index contributed by atoms with van der Waals surface area (Å²) in [5.74, 6) is 1.35. The molecule has 0 saturated carbocycles. The first kappa shape index (κ1) is 22.7. The molecule has 0 radical (unpaired) electrons. The number of piperidine rings is 1. The van der Waals surface area contributed by atoms with Crippen molar-refractivity contribution in [2.24, 2.45) is 7.05 Å². The minimum atomic E-state index is -0.227. The van der Waals surface area contributed by atoms with E-state index < -0.39 is 0 Å². The molecule has 3 rings (SSSR count). The van der Waals surface area contributed by atoms with Crippen LogP contribution in [0, 0.1) is 0 Å². The molecule has 1 aromatic carbocycles. The van der Waals surface area contributed by atoms with E-state index in [1.54, 1.807) is 7.11 Å². The fourth-order valence-corrected chi connectivity index (χ4v) is 3.86. The highest BCUT2D eigenvalue weighted by Gasteiger charge is 2.28. The van der Waals surface area contributed by atoms with Crippen molar-refractivity contribution < 1.29 is 23.8 Å². The molecule has 31 heavy (non-hydrogen) atoms. The molecule has 2 aromatic rings. The third-order valence-electron chi connectivity index (χ3n) is 5.62. The molecule has 0 N–H and O–H groups in total. The predicted octanol–water partition coefficient (Wildman–Crippen LogP) is 3.82. The zero-order chi connectivity index (χ0) is 22.1. The van der Waals surface area contributed by atoms with Crippen molar-refractivity contribution in [1.29, 1.82) is 0 Å². The summed E-state index contributed by atoms with van der Waals surface area (Å²) in [6.07, 6.45) is 6.51. The molecule has 1 aliphatic rings. The van der Waals surface area contributed by atoms with E-state index >= 15 is 0 Å². The largest absolute Gasteiger partial charge is 0.497 e. The minimum absolute atomic E-state index is 0.0548. The summed E-state index contributed by atoms with van der Waals surface area (Å²) in [7, 11) is 3.50. The molecule has 1 unspecified atom stereocenters. The Labute approximate surface area is 183 Å². The lowest BCUT2D eigenvalue weighted by Gasteiger charge is -2.35. The molecule has 1 atom stereocenters. The Morgan fingerprint density at radius 3 is 2.55 bits per heavy atom. The summed E-state index contributed by atoms with van der Waals surface area (Å²) in [5.41, 5.74) is 0.695. The van der Waals surface area contributed by atoms with Crippen LogP contribution < -0.4 is 9.47 Å². The quantitative estimate of drug-likeness (QED) is 0.425. The van der Waals surface area contributed by atoms with Crippen LogP contribution in [0.1, 0.15) is 49.0 Å². The van der Waals surface area contributed by atoms with Gasteiger partial charge in [-0.15, -0.1) is 0 Å². The van der Waals surface area contributed by atoms with Crippen LogP contribution in [-0.4, -0.2) is 54.3 Å². The number of hydrogen-bond donors (Lipinski definition) is 0. The number of ether oxygens (including phenoxy) is 3. The first-order chi connectivity index (χ1) is 15.1.